The van der Waals surface area contributed by atoms with E-state index in [9.17, 15) is 0 Å². The number of benzene rings is 1. The van der Waals surface area contributed by atoms with E-state index in [1.165, 1.54) is 0 Å². The second-order valence-electron chi connectivity index (χ2n) is 3.08. The van der Waals surface area contributed by atoms with E-state index in [2.05, 4.69) is 33.6 Å². The van der Waals surface area contributed by atoms with Gasteiger partial charge in [-0.25, -0.2) is 0 Å². The molecule has 68 valence electrons. The van der Waals surface area contributed by atoms with E-state index in [0.29, 0.717) is 5.56 Å². The highest BCUT2D eigenvalue weighted by atomic mass is 127. The Morgan fingerprint density at radius 2 is 2.14 bits per heavy atom. The number of pyridine rings is 1. The van der Waals surface area contributed by atoms with E-state index in [1.54, 1.807) is 0 Å². The summed E-state index contributed by atoms with van der Waals surface area (Å²) in [6.45, 7) is 1.90. The third kappa shape index (κ3) is 1.58. The quantitative estimate of drug-likeness (QED) is 0.700. The number of aryl methyl sites for hydroxylation is 1. The lowest BCUT2D eigenvalue weighted by atomic mass is 10.1. The van der Waals surface area contributed by atoms with Gasteiger partial charge in [-0.15, -0.1) is 0 Å². The van der Waals surface area contributed by atoms with Crippen LogP contribution in [0.1, 0.15) is 11.3 Å². The highest BCUT2D eigenvalue weighted by molar-refractivity contribution is 14.1. The highest BCUT2D eigenvalue weighted by Gasteiger charge is 2.03. The summed E-state index contributed by atoms with van der Waals surface area (Å²) < 4.78 is 1.12. The maximum atomic E-state index is 8.97. The third-order valence-electron chi connectivity index (χ3n) is 2.02. The van der Waals surface area contributed by atoms with Crippen LogP contribution < -0.4 is 0 Å². The molecule has 2 aromatic rings. The minimum atomic E-state index is 0.700. The fraction of sp³-hybridized carbons (Fsp3) is 0.0909. The molecule has 1 aromatic carbocycles. The lowest BCUT2D eigenvalue weighted by molar-refractivity contribution is 1.25. The first kappa shape index (κ1) is 9.41. The number of nitriles is 1. The first-order chi connectivity index (χ1) is 6.70. The van der Waals surface area contributed by atoms with Gasteiger partial charge in [0.25, 0.3) is 0 Å². The minimum absolute atomic E-state index is 0.700. The normalized spacial score (nSPS) is 10.1. The maximum Gasteiger partial charge on any atom is 0.0999 e. The molecule has 1 heterocycles. The van der Waals surface area contributed by atoms with Crippen molar-refractivity contribution in [1.82, 2.24) is 4.98 Å². The van der Waals surface area contributed by atoms with Crippen molar-refractivity contribution < 1.29 is 0 Å². The molecule has 0 saturated heterocycles. The first-order valence-electron chi connectivity index (χ1n) is 4.18. The zero-order chi connectivity index (χ0) is 10.1. The van der Waals surface area contributed by atoms with E-state index < -0.39 is 0 Å². The van der Waals surface area contributed by atoms with Gasteiger partial charge >= 0.3 is 0 Å². The van der Waals surface area contributed by atoms with Gasteiger partial charge in [0.05, 0.1) is 17.1 Å². The van der Waals surface area contributed by atoms with Crippen molar-refractivity contribution in [3.8, 4) is 6.07 Å². The predicted molar refractivity (Wildman–Crippen MR) is 63.9 cm³/mol. The van der Waals surface area contributed by atoms with Gasteiger partial charge in [0.1, 0.15) is 0 Å². The second kappa shape index (κ2) is 3.54. The van der Waals surface area contributed by atoms with E-state index in [4.69, 9.17) is 5.26 Å². The topological polar surface area (TPSA) is 36.7 Å². The fourth-order valence-electron chi connectivity index (χ4n) is 1.42. The minimum Gasteiger partial charge on any atom is -0.253 e. The van der Waals surface area contributed by atoms with Gasteiger partial charge < -0.3 is 0 Å². The molecule has 0 bridgehead atoms. The van der Waals surface area contributed by atoms with Gasteiger partial charge in [-0.2, -0.15) is 5.26 Å². The third-order valence-corrected chi connectivity index (χ3v) is 2.69. The Balaban J connectivity index is 2.90. The molecule has 0 aliphatic carbocycles. The molecular formula is C11H7IN2. The van der Waals surface area contributed by atoms with E-state index in [-0.39, 0.29) is 0 Å². The summed E-state index contributed by atoms with van der Waals surface area (Å²) >= 11 is 2.23. The lowest BCUT2D eigenvalue weighted by Gasteiger charge is -2.01. The van der Waals surface area contributed by atoms with Crippen molar-refractivity contribution in [3.63, 3.8) is 0 Å². The van der Waals surface area contributed by atoms with Crippen molar-refractivity contribution in [2.24, 2.45) is 0 Å². The molecule has 0 spiro atoms. The van der Waals surface area contributed by atoms with Gasteiger partial charge in [-0.3, -0.25) is 4.98 Å². The zero-order valence-corrected chi connectivity index (χ0v) is 9.74. The Labute approximate surface area is 95.7 Å². The van der Waals surface area contributed by atoms with Crippen molar-refractivity contribution in [3.05, 3.63) is 39.1 Å². The number of rotatable bonds is 0. The molecule has 0 fully saturated rings. The van der Waals surface area contributed by atoms with Gasteiger partial charge in [0.15, 0.2) is 0 Å². The molecule has 1 aromatic heterocycles. The summed E-state index contributed by atoms with van der Waals surface area (Å²) in [4.78, 5) is 4.37. The van der Waals surface area contributed by atoms with Crippen molar-refractivity contribution in [1.29, 1.82) is 5.26 Å². The standard InChI is InChI=1S/C11H7IN2/c1-7-4-8(6-13)10-5-9(12)2-3-11(10)14-7/h2-5H,1H3. The average Bonchev–Trinajstić information content (AvgIpc) is 2.17. The number of hydrogen-bond donors (Lipinski definition) is 0. The smallest absolute Gasteiger partial charge is 0.0999 e. The lowest BCUT2D eigenvalue weighted by Crippen LogP contribution is -1.88. The Kier molecular flexibility index (Phi) is 2.38. The zero-order valence-electron chi connectivity index (χ0n) is 7.58. The highest BCUT2D eigenvalue weighted by Crippen LogP contribution is 2.20. The summed E-state index contributed by atoms with van der Waals surface area (Å²) in [6, 6.07) is 9.95. The van der Waals surface area contributed by atoms with Gasteiger partial charge in [-0.1, -0.05) is 0 Å². The van der Waals surface area contributed by atoms with Crippen molar-refractivity contribution in [2.45, 2.75) is 6.92 Å². The second-order valence-corrected chi connectivity index (χ2v) is 4.33. The number of halogens is 1. The number of nitrogens with zero attached hydrogens (tertiary/aromatic N) is 2. The molecule has 0 amide bonds. The van der Waals surface area contributed by atoms with Gasteiger partial charge in [-0.05, 0) is 53.8 Å². The van der Waals surface area contributed by atoms with Crippen LogP contribution in [0.2, 0.25) is 0 Å². The molecule has 2 nitrogen and oxygen atoms in total. The van der Waals surface area contributed by atoms with E-state index >= 15 is 0 Å². The Morgan fingerprint density at radius 3 is 2.86 bits per heavy atom. The molecule has 2 rings (SSSR count). The summed E-state index contributed by atoms with van der Waals surface area (Å²) in [5.74, 6) is 0. The van der Waals surface area contributed by atoms with Gasteiger partial charge in [0.2, 0.25) is 0 Å². The predicted octanol–water partition coefficient (Wildman–Crippen LogP) is 3.02. The van der Waals surface area contributed by atoms with E-state index in [1.807, 2.05) is 31.2 Å². The van der Waals surface area contributed by atoms with Crippen LogP contribution in [0.4, 0.5) is 0 Å². The first-order valence-corrected chi connectivity index (χ1v) is 5.25. The Morgan fingerprint density at radius 1 is 1.36 bits per heavy atom. The maximum absolute atomic E-state index is 8.97. The largest absolute Gasteiger partial charge is 0.253 e. The molecule has 0 atom stereocenters. The Bertz CT molecular complexity index is 541. The number of fused-ring (bicyclic) bond motifs is 1. The molecule has 0 saturated carbocycles. The molecular weight excluding hydrogens is 287 g/mol. The molecule has 3 heteroatoms. The van der Waals surface area contributed by atoms with Crippen LogP contribution in [0, 0.1) is 21.8 Å². The van der Waals surface area contributed by atoms with Crippen LogP contribution in [-0.2, 0) is 0 Å². The van der Waals surface area contributed by atoms with Crippen LogP contribution in [-0.4, -0.2) is 4.98 Å². The average molecular weight is 294 g/mol. The molecule has 0 N–H and O–H groups in total. The molecule has 0 radical (unpaired) electrons. The van der Waals surface area contributed by atoms with Crippen molar-refractivity contribution >= 4 is 33.5 Å². The van der Waals surface area contributed by atoms with Crippen LogP contribution in [0.15, 0.2) is 24.3 Å². The summed E-state index contributed by atoms with van der Waals surface area (Å²) in [6.07, 6.45) is 0. The van der Waals surface area contributed by atoms with Crippen LogP contribution >= 0.6 is 22.6 Å². The van der Waals surface area contributed by atoms with E-state index in [0.717, 1.165) is 20.2 Å². The molecule has 0 aliphatic heterocycles. The number of hydrogen-bond acceptors (Lipinski definition) is 2. The summed E-state index contributed by atoms with van der Waals surface area (Å²) in [7, 11) is 0. The molecule has 0 unspecified atom stereocenters. The monoisotopic (exact) mass is 294 g/mol. The van der Waals surface area contributed by atoms with Crippen LogP contribution in [0.3, 0.4) is 0 Å². The van der Waals surface area contributed by atoms with Crippen LogP contribution in [0.5, 0.6) is 0 Å². The fourth-order valence-corrected chi connectivity index (χ4v) is 1.91. The molecule has 0 aliphatic rings. The SMILES string of the molecule is Cc1cc(C#N)c2cc(I)ccc2n1. The van der Waals surface area contributed by atoms with Crippen LogP contribution in [0.25, 0.3) is 10.9 Å². The molecule has 14 heavy (non-hydrogen) atoms. The summed E-state index contributed by atoms with van der Waals surface area (Å²) in [5, 5.41) is 9.91. The Hall–Kier alpha value is -1.15. The number of aromatic nitrogens is 1. The van der Waals surface area contributed by atoms with Gasteiger partial charge in [0, 0.05) is 14.7 Å². The summed E-state index contributed by atoms with van der Waals surface area (Å²) in [5.41, 5.74) is 2.48. The van der Waals surface area contributed by atoms with Crippen molar-refractivity contribution in [2.75, 3.05) is 0 Å².